The second-order valence-corrected chi connectivity index (χ2v) is 4.06. The van der Waals surface area contributed by atoms with Crippen molar-refractivity contribution in [3.05, 3.63) is 41.0 Å². The number of anilines is 2. The Morgan fingerprint density at radius 3 is 2.88 bits per heavy atom. The minimum Gasteiger partial charge on any atom is -0.399 e. The van der Waals surface area contributed by atoms with Gasteiger partial charge in [0.2, 0.25) is 0 Å². The first-order chi connectivity index (χ1) is 7.63. The molecule has 0 amide bonds. The molecule has 0 unspecified atom stereocenters. The van der Waals surface area contributed by atoms with Crippen molar-refractivity contribution < 1.29 is 0 Å². The normalized spacial score (nSPS) is 10.4. The van der Waals surface area contributed by atoms with Gasteiger partial charge in [0.15, 0.2) is 0 Å². The highest BCUT2D eigenvalue weighted by Crippen LogP contribution is 2.17. The van der Waals surface area contributed by atoms with E-state index in [1.807, 2.05) is 31.4 Å². The smallest absolute Gasteiger partial charge is 0.148 e. The molecule has 0 aliphatic rings. The lowest BCUT2D eigenvalue weighted by atomic mass is 10.2. The molecule has 1 aromatic carbocycles. The quantitative estimate of drug-likeness (QED) is 0.804. The average molecular weight is 237 g/mol. The van der Waals surface area contributed by atoms with Gasteiger partial charge in [-0.05, 0) is 23.8 Å². The fourth-order valence-corrected chi connectivity index (χ4v) is 1.75. The lowest BCUT2D eigenvalue weighted by Crippen LogP contribution is -2.01. The summed E-state index contributed by atoms with van der Waals surface area (Å²) in [6, 6.07) is 7.41. The van der Waals surface area contributed by atoms with Crippen LogP contribution in [-0.2, 0) is 13.6 Å². The van der Waals surface area contributed by atoms with Crippen molar-refractivity contribution in [3.8, 4) is 0 Å². The van der Waals surface area contributed by atoms with Crippen LogP contribution in [0.3, 0.4) is 0 Å². The van der Waals surface area contributed by atoms with Crippen LogP contribution in [0, 0.1) is 0 Å². The molecular weight excluding hydrogens is 224 g/mol. The Bertz CT molecular complexity index is 472. The molecule has 0 fully saturated rings. The number of halogens is 1. The molecule has 0 spiro atoms. The molecular formula is C11H13ClN4. The lowest BCUT2D eigenvalue weighted by molar-refractivity contribution is 0.768. The molecule has 1 aromatic heterocycles. The lowest BCUT2D eigenvalue weighted by Gasteiger charge is -2.05. The van der Waals surface area contributed by atoms with Crippen molar-refractivity contribution in [2.75, 3.05) is 11.1 Å². The average Bonchev–Trinajstić information content (AvgIpc) is 2.60. The van der Waals surface area contributed by atoms with Gasteiger partial charge in [-0.25, -0.2) is 0 Å². The maximum absolute atomic E-state index is 5.91. The molecule has 0 atom stereocenters. The Balaban J connectivity index is 2.04. The zero-order chi connectivity index (χ0) is 11.5. The van der Waals surface area contributed by atoms with E-state index in [2.05, 4.69) is 10.4 Å². The highest BCUT2D eigenvalue weighted by atomic mass is 35.5. The van der Waals surface area contributed by atoms with Crippen molar-refractivity contribution >= 4 is 23.1 Å². The van der Waals surface area contributed by atoms with Gasteiger partial charge >= 0.3 is 0 Å². The van der Waals surface area contributed by atoms with Crippen LogP contribution in [0.5, 0.6) is 0 Å². The summed E-state index contributed by atoms with van der Waals surface area (Å²) in [7, 11) is 1.88. The van der Waals surface area contributed by atoms with E-state index in [0.717, 1.165) is 11.4 Å². The molecule has 3 N–H and O–H groups in total. The van der Waals surface area contributed by atoms with Gasteiger partial charge in [-0.1, -0.05) is 11.6 Å². The molecule has 0 aliphatic carbocycles. The molecule has 2 rings (SSSR count). The van der Waals surface area contributed by atoms with Gasteiger partial charge in [0, 0.05) is 36.6 Å². The minimum atomic E-state index is 0.651. The molecule has 0 bridgehead atoms. The molecule has 16 heavy (non-hydrogen) atoms. The third-order valence-corrected chi connectivity index (χ3v) is 2.39. The van der Waals surface area contributed by atoms with Crippen molar-refractivity contribution in [1.82, 2.24) is 9.78 Å². The van der Waals surface area contributed by atoms with Crippen molar-refractivity contribution in [2.45, 2.75) is 6.54 Å². The van der Waals surface area contributed by atoms with E-state index < -0.39 is 0 Å². The first kappa shape index (κ1) is 10.8. The minimum absolute atomic E-state index is 0.651. The van der Waals surface area contributed by atoms with E-state index in [-0.39, 0.29) is 0 Å². The molecule has 5 heteroatoms. The van der Waals surface area contributed by atoms with Crippen LogP contribution < -0.4 is 11.1 Å². The first-order valence-corrected chi connectivity index (χ1v) is 5.30. The summed E-state index contributed by atoms with van der Waals surface area (Å²) in [5.41, 5.74) is 7.41. The number of benzene rings is 1. The Hall–Kier alpha value is -1.68. The van der Waals surface area contributed by atoms with Crippen LogP contribution in [0.1, 0.15) is 5.56 Å². The molecule has 84 valence electrons. The number of hydrogen-bond donors (Lipinski definition) is 2. The first-order valence-electron chi connectivity index (χ1n) is 4.92. The fourth-order valence-electron chi connectivity index (χ4n) is 1.48. The van der Waals surface area contributed by atoms with Crippen LogP contribution in [0.25, 0.3) is 0 Å². The third kappa shape index (κ3) is 2.67. The maximum atomic E-state index is 5.91. The topological polar surface area (TPSA) is 55.9 Å². The second-order valence-electron chi connectivity index (χ2n) is 3.62. The Morgan fingerprint density at radius 1 is 1.44 bits per heavy atom. The van der Waals surface area contributed by atoms with Gasteiger partial charge in [0.1, 0.15) is 5.82 Å². The summed E-state index contributed by atoms with van der Waals surface area (Å²) in [5, 5.41) is 8.05. The second kappa shape index (κ2) is 4.45. The van der Waals surface area contributed by atoms with Gasteiger partial charge in [-0.2, -0.15) is 5.10 Å². The van der Waals surface area contributed by atoms with E-state index >= 15 is 0 Å². The van der Waals surface area contributed by atoms with Crippen LogP contribution >= 0.6 is 11.6 Å². The van der Waals surface area contributed by atoms with Crippen LogP contribution in [0.15, 0.2) is 30.5 Å². The standard InChI is InChI=1S/C11H13ClN4/c1-16-3-2-11(15-16)14-7-8-4-9(12)6-10(13)5-8/h2-6H,7,13H2,1H3,(H,14,15). The number of rotatable bonds is 3. The number of nitrogens with zero attached hydrogens (tertiary/aromatic N) is 2. The van der Waals surface area contributed by atoms with Gasteiger partial charge in [0.05, 0.1) is 0 Å². The van der Waals surface area contributed by atoms with Crippen LogP contribution in [0.2, 0.25) is 5.02 Å². The van der Waals surface area contributed by atoms with Crippen LogP contribution in [0.4, 0.5) is 11.5 Å². The number of nitrogens with one attached hydrogen (secondary N) is 1. The maximum Gasteiger partial charge on any atom is 0.148 e. The predicted octanol–water partition coefficient (Wildman–Crippen LogP) is 2.27. The molecule has 0 aliphatic heterocycles. The van der Waals surface area contributed by atoms with Gasteiger partial charge in [0.25, 0.3) is 0 Å². The van der Waals surface area contributed by atoms with E-state index in [0.29, 0.717) is 17.3 Å². The number of nitrogen functional groups attached to an aromatic ring is 1. The molecule has 4 nitrogen and oxygen atoms in total. The zero-order valence-corrected chi connectivity index (χ0v) is 9.70. The van der Waals surface area contributed by atoms with Crippen LogP contribution in [-0.4, -0.2) is 9.78 Å². The highest BCUT2D eigenvalue weighted by Gasteiger charge is 1.99. The largest absolute Gasteiger partial charge is 0.399 e. The summed E-state index contributed by atoms with van der Waals surface area (Å²) >= 11 is 5.91. The number of aryl methyl sites for hydroxylation is 1. The predicted molar refractivity (Wildman–Crippen MR) is 66.4 cm³/mol. The zero-order valence-electron chi connectivity index (χ0n) is 8.94. The summed E-state index contributed by atoms with van der Waals surface area (Å²) in [6.45, 7) is 0.655. The summed E-state index contributed by atoms with van der Waals surface area (Å²) in [6.07, 6.45) is 1.88. The van der Waals surface area contributed by atoms with Gasteiger partial charge < -0.3 is 11.1 Å². The van der Waals surface area contributed by atoms with Crippen molar-refractivity contribution in [1.29, 1.82) is 0 Å². The van der Waals surface area contributed by atoms with Crippen molar-refractivity contribution in [2.24, 2.45) is 7.05 Å². The molecule has 0 saturated heterocycles. The van der Waals surface area contributed by atoms with Gasteiger partial charge in [-0.3, -0.25) is 4.68 Å². The monoisotopic (exact) mass is 236 g/mol. The number of aromatic nitrogens is 2. The van der Waals surface area contributed by atoms with E-state index in [9.17, 15) is 0 Å². The molecule has 0 saturated carbocycles. The fraction of sp³-hybridized carbons (Fsp3) is 0.182. The summed E-state index contributed by atoms with van der Waals surface area (Å²) in [5.74, 6) is 0.834. The van der Waals surface area contributed by atoms with Crippen molar-refractivity contribution in [3.63, 3.8) is 0 Å². The van der Waals surface area contributed by atoms with E-state index in [1.165, 1.54) is 0 Å². The summed E-state index contributed by atoms with van der Waals surface area (Å²) < 4.78 is 1.74. The molecule has 1 heterocycles. The number of nitrogens with two attached hydrogens (primary N) is 1. The molecule has 0 radical (unpaired) electrons. The number of hydrogen-bond acceptors (Lipinski definition) is 3. The highest BCUT2D eigenvalue weighted by molar-refractivity contribution is 6.30. The van der Waals surface area contributed by atoms with E-state index in [1.54, 1.807) is 10.7 Å². The van der Waals surface area contributed by atoms with Gasteiger partial charge in [-0.15, -0.1) is 0 Å². The summed E-state index contributed by atoms with van der Waals surface area (Å²) in [4.78, 5) is 0. The third-order valence-electron chi connectivity index (χ3n) is 2.17. The van der Waals surface area contributed by atoms with E-state index in [4.69, 9.17) is 17.3 Å². The Labute approximate surface area is 99.0 Å². The SMILES string of the molecule is Cn1ccc(NCc2cc(N)cc(Cl)c2)n1. The Kier molecular flexibility index (Phi) is 3.01. The molecule has 2 aromatic rings. The Morgan fingerprint density at radius 2 is 2.25 bits per heavy atom.